The SMILES string of the molecule is CN1C(=O)CCc2cc(/C=C/CCCN)ccc21. The maximum Gasteiger partial charge on any atom is 0.227 e. The molecular weight excluding hydrogens is 224 g/mol. The molecule has 18 heavy (non-hydrogen) atoms. The molecule has 0 atom stereocenters. The van der Waals surface area contributed by atoms with Crippen LogP contribution in [0.3, 0.4) is 0 Å². The van der Waals surface area contributed by atoms with E-state index in [9.17, 15) is 4.79 Å². The Labute approximate surface area is 108 Å². The summed E-state index contributed by atoms with van der Waals surface area (Å²) in [6, 6.07) is 6.28. The zero-order valence-electron chi connectivity index (χ0n) is 10.9. The molecule has 0 aliphatic carbocycles. The average molecular weight is 244 g/mol. The van der Waals surface area contributed by atoms with Gasteiger partial charge in [-0.2, -0.15) is 0 Å². The highest BCUT2D eigenvalue weighted by Gasteiger charge is 2.20. The number of hydrogen-bond acceptors (Lipinski definition) is 2. The number of aryl methyl sites for hydroxylation is 1. The lowest BCUT2D eigenvalue weighted by atomic mass is 9.99. The number of nitrogens with zero attached hydrogens (tertiary/aromatic N) is 1. The summed E-state index contributed by atoms with van der Waals surface area (Å²) in [7, 11) is 1.84. The molecule has 0 saturated heterocycles. The molecule has 2 rings (SSSR count). The van der Waals surface area contributed by atoms with Crippen LogP contribution in [-0.4, -0.2) is 19.5 Å². The Morgan fingerprint density at radius 3 is 3.00 bits per heavy atom. The van der Waals surface area contributed by atoms with Crippen LogP contribution in [0.2, 0.25) is 0 Å². The fourth-order valence-electron chi connectivity index (χ4n) is 2.24. The monoisotopic (exact) mass is 244 g/mol. The van der Waals surface area contributed by atoms with Gasteiger partial charge in [-0.25, -0.2) is 0 Å². The number of nitrogens with two attached hydrogens (primary N) is 1. The fourth-order valence-corrected chi connectivity index (χ4v) is 2.24. The number of unbranched alkanes of at least 4 members (excludes halogenated alkanes) is 1. The number of carbonyl (C=O) groups excluding carboxylic acids is 1. The van der Waals surface area contributed by atoms with Crippen LogP contribution >= 0.6 is 0 Å². The van der Waals surface area contributed by atoms with Gasteiger partial charge in [0.2, 0.25) is 5.91 Å². The molecule has 2 N–H and O–H groups in total. The number of fused-ring (bicyclic) bond motifs is 1. The lowest BCUT2D eigenvalue weighted by Crippen LogP contribution is -2.30. The third-order valence-corrected chi connectivity index (χ3v) is 3.33. The first-order chi connectivity index (χ1) is 8.72. The van der Waals surface area contributed by atoms with Gasteiger partial charge in [0.1, 0.15) is 0 Å². The topological polar surface area (TPSA) is 46.3 Å². The van der Waals surface area contributed by atoms with Crippen LogP contribution in [0, 0.1) is 0 Å². The minimum absolute atomic E-state index is 0.203. The quantitative estimate of drug-likeness (QED) is 0.826. The van der Waals surface area contributed by atoms with Crippen molar-refractivity contribution in [3.05, 3.63) is 35.4 Å². The molecule has 0 radical (unpaired) electrons. The van der Waals surface area contributed by atoms with Crippen molar-refractivity contribution in [2.24, 2.45) is 5.73 Å². The molecule has 0 spiro atoms. The molecule has 0 saturated carbocycles. The molecular formula is C15H20N2O. The molecule has 1 aliphatic heterocycles. The van der Waals surface area contributed by atoms with E-state index in [4.69, 9.17) is 5.73 Å². The van der Waals surface area contributed by atoms with E-state index in [0.29, 0.717) is 6.42 Å². The molecule has 0 bridgehead atoms. The van der Waals surface area contributed by atoms with E-state index in [1.54, 1.807) is 4.90 Å². The normalized spacial score (nSPS) is 15.2. The molecule has 96 valence electrons. The highest BCUT2D eigenvalue weighted by atomic mass is 16.2. The van der Waals surface area contributed by atoms with Gasteiger partial charge in [-0.15, -0.1) is 0 Å². The lowest BCUT2D eigenvalue weighted by Gasteiger charge is -2.25. The zero-order chi connectivity index (χ0) is 13.0. The van der Waals surface area contributed by atoms with E-state index in [2.05, 4.69) is 24.3 Å². The minimum atomic E-state index is 0.203. The van der Waals surface area contributed by atoms with Crippen molar-refractivity contribution in [2.75, 3.05) is 18.5 Å². The predicted molar refractivity (Wildman–Crippen MR) is 75.5 cm³/mol. The van der Waals surface area contributed by atoms with Crippen molar-refractivity contribution in [1.29, 1.82) is 0 Å². The van der Waals surface area contributed by atoms with Crippen molar-refractivity contribution in [3.63, 3.8) is 0 Å². The molecule has 3 heteroatoms. The van der Waals surface area contributed by atoms with Crippen LogP contribution in [0.1, 0.15) is 30.4 Å². The van der Waals surface area contributed by atoms with E-state index in [1.165, 1.54) is 11.1 Å². The lowest BCUT2D eigenvalue weighted by molar-refractivity contribution is -0.118. The number of amides is 1. The average Bonchev–Trinajstić information content (AvgIpc) is 2.39. The predicted octanol–water partition coefficient (Wildman–Crippen LogP) is 2.35. The number of hydrogen-bond donors (Lipinski definition) is 1. The smallest absolute Gasteiger partial charge is 0.227 e. The van der Waals surface area contributed by atoms with Gasteiger partial charge < -0.3 is 10.6 Å². The van der Waals surface area contributed by atoms with Crippen molar-refractivity contribution in [2.45, 2.75) is 25.7 Å². The van der Waals surface area contributed by atoms with Gasteiger partial charge in [0.25, 0.3) is 0 Å². The highest BCUT2D eigenvalue weighted by Crippen LogP contribution is 2.27. The fraction of sp³-hybridized carbons (Fsp3) is 0.400. The molecule has 1 aromatic carbocycles. The van der Waals surface area contributed by atoms with Gasteiger partial charge >= 0.3 is 0 Å². The molecule has 1 heterocycles. The van der Waals surface area contributed by atoms with Crippen molar-refractivity contribution >= 4 is 17.7 Å². The van der Waals surface area contributed by atoms with Crippen LogP contribution in [0.15, 0.2) is 24.3 Å². The van der Waals surface area contributed by atoms with E-state index in [-0.39, 0.29) is 5.91 Å². The molecule has 3 nitrogen and oxygen atoms in total. The van der Waals surface area contributed by atoms with Crippen LogP contribution < -0.4 is 10.6 Å². The zero-order valence-corrected chi connectivity index (χ0v) is 10.9. The maximum absolute atomic E-state index is 11.6. The molecule has 1 aliphatic rings. The first-order valence-corrected chi connectivity index (χ1v) is 6.48. The van der Waals surface area contributed by atoms with Crippen molar-refractivity contribution < 1.29 is 4.79 Å². The summed E-state index contributed by atoms with van der Waals surface area (Å²) < 4.78 is 0. The molecule has 0 unspecified atom stereocenters. The van der Waals surface area contributed by atoms with Gasteiger partial charge in [0, 0.05) is 19.2 Å². The molecule has 0 aromatic heterocycles. The van der Waals surface area contributed by atoms with Gasteiger partial charge in [0.15, 0.2) is 0 Å². The first kappa shape index (κ1) is 12.8. The molecule has 1 aromatic rings. The van der Waals surface area contributed by atoms with Crippen molar-refractivity contribution in [3.8, 4) is 0 Å². The number of allylic oxidation sites excluding steroid dienone is 1. The Morgan fingerprint density at radius 2 is 2.22 bits per heavy atom. The van der Waals surface area contributed by atoms with E-state index in [1.807, 2.05) is 13.1 Å². The number of benzene rings is 1. The Kier molecular flexibility index (Phi) is 4.15. The molecule has 1 amide bonds. The Hall–Kier alpha value is -1.61. The Balaban J connectivity index is 2.13. The molecule has 0 fully saturated rings. The Morgan fingerprint density at radius 1 is 1.39 bits per heavy atom. The summed E-state index contributed by atoms with van der Waals surface area (Å²) >= 11 is 0. The summed E-state index contributed by atoms with van der Waals surface area (Å²) in [5.74, 6) is 0.203. The minimum Gasteiger partial charge on any atom is -0.330 e. The van der Waals surface area contributed by atoms with Crippen LogP contribution in [0.25, 0.3) is 6.08 Å². The standard InChI is InChI=1S/C15H20N2O/c1-17-14-8-6-12(5-3-2-4-10-16)11-13(14)7-9-15(17)18/h3,5-6,8,11H,2,4,7,9-10,16H2,1H3/b5-3+. The maximum atomic E-state index is 11.6. The second kappa shape index (κ2) is 5.83. The largest absolute Gasteiger partial charge is 0.330 e. The third-order valence-electron chi connectivity index (χ3n) is 3.33. The summed E-state index contributed by atoms with van der Waals surface area (Å²) in [5.41, 5.74) is 8.97. The number of rotatable bonds is 4. The number of anilines is 1. The van der Waals surface area contributed by atoms with Crippen LogP contribution in [0.4, 0.5) is 5.69 Å². The van der Waals surface area contributed by atoms with Gasteiger partial charge in [-0.3, -0.25) is 4.79 Å². The van der Waals surface area contributed by atoms with Gasteiger partial charge in [0.05, 0.1) is 0 Å². The third kappa shape index (κ3) is 2.79. The van der Waals surface area contributed by atoms with E-state index < -0.39 is 0 Å². The van der Waals surface area contributed by atoms with Crippen LogP contribution in [0.5, 0.6) is 0 Å². The van der Waals surface area contributed by atoms with Crippen LogP contribution in [-0.2, 0) is 11.2 Å². The Bertz CT molecular complexity index is 466. The highest BCUT2D eigenvalue weighted by molar-refractivity contribution is 5.96. The van der Waals surface area contributed by atoms with Gasteiger partial charge in [-0.05, 0) is 49.1 Å². The summed E-state index contributed by atoms with van der Waals surface area (Å²) in [6.45, 7) is 0.738. The first-order valence-electron chi connectivity index (χ1n) is 6.48. The van der Waals surface area contributed by atoms with E-state index >= 15 is 0 Å². The summed E-state index contributed by atoms with van der Waals surface area (Å²) in [5, 5.41) is 0. The van der Waals surface area contributed by atoms with E-state index in [0.717, 1.165) is 31.5 Å². The van der Waals surface area contributed by atoms with Crippen molar-refractivity contribution in [1.82, 2.24) is 0 Å². The van der Waals surface area contributed by atoms with Gasteiger partial charge in [-0.1, -0.05) is 18.2 Å². The number of carbonyl (C=O) groups is 1. The summed E-state index contributed by atoms with van der Waals surface area (Å²) in [6.07, 6.45) is 7.80. The second-order valence-corrected chi connectivity index (χ2v) is 4.67. The summed E-state index contributed by atoms with van der Waals surface area (Å²) in [4.78, 5) is 13.3. The second-order valence-electron chi connectivity index (χ2n) is 4.67.